The number of likely N-dealkylation sites (tertiary alicyclic amines) is 1. The number of nitrogens with two attached hydrogens (primary N) is 1. The van der Waals surface area contributed by atoms with Crippen molar-refractivity contribution in [2.24, 2.45) is 5.73 Å². The molecule has 0 radical (unpaired) electrons. The van der Waals surface area contributed by atoms with Gasteiger partial charge in [-0.15, -0.1) is 12.4 Å². The van der Waals surface area contributed by atoms with Crippen LogP contribution in [0.3, 0.4) is 0 Å². The van der Waals surface area contributed by atoms with Gasteiger partial charge in [-0.3, -0.25) is 5.41 Å². The molecule has 1 atom stereocenters. The van der Waals surface area contributed by atoms with E-state index in [1.54, 1.807) is 4.90 Å². The summed E-state index contributed by atoms with van der Waals surface area (Å²) >= 11 is 0. The van der Waals surface area contributed by atoms with Gasteiger partial charge in [-0.1, -0.05) is 44.2 Å². The number of nitrogens with one attached hydrogen (secondary N) is 1. The Kier molecular flexibility index (Phi) is 10.5. The number of ether oxygens (including phenoxy) is 1. The van der Waals surface area contributed by atoms with Gasteiger partial charge in [-0.2, -0.15) is 18.2 Å². The minimum Gasteiger partial charge on any atom is -0.493 e. The molecule has 7 nitrogen and oxygen atoms in total. The molecule has 1 fully saturated rings. The van der Waals surface area contributed by atoms with Crippen molar-refractivity contribution in [2.75, 3.05) is 19.7 Å². The molecule has 3 N–H and O–H groups in total. The van der Waals surface area contributed by atoms with Crippen molar-refractivity contribution >= 4 is 18.4 Å². The minimum absolute atomic E-state index is 0. The van der Waals surface area contributed by atoms with Crippen LogP contribution in [0.5, 0.6) is 5.75 Å². The van der Waals surface area contributed by atoms with E-state index in [-0.39, 0.29) is 48.0 Å². The highest BCUT2D eigenvalue weighted by Gasteiger charge is 2.35. The van der Waals surface area contributed by atoms with E-state index >= 15 is 0 Å². The molecule has 1 aromatic heterocycles. The van der Waals surface area contributed by atoms with Crippen molar-refractivity contribution in [3.63, 3.8) is 0 Å². The summed E-state index contributed by atoms with van der Waals surface area (Å²) in [5, 5.41) is 11.5. The maximum atomic E-state index is 13.7. The highest BCUT2D eigenvalue weighted by molar-refractivity contribution is 5.85. The van der Waals surface area contributed by atoms with Crippen LogP contribution in [0.4, 0.5) is 13.2 Å². The lowest BCUT2D eigenvalue weighted by Gasteiger charge is -2.30. The van der Waals surface area contributed by atoms with Crippen LogP contribution >= 0.6 is 12.4 Å². The van der Waals surface area contributed by atoms with Gasteiger partial charge < -0.3 is 19.9 Å². The number of aromatic nitrogens is 2. The van der Waals surface area contributed by atoms with Gasteiger partial charge in [-0.05, 0) is 37.5 Å². The molecule has 190 valence electrons. The monoisotopic (exact) mass is 503 g/mol. The van der Waals surface area contributed by atoms with Crippen LogP contribution in [0.25, 0.3) is 11.4 Å². The Bertz CT molecular complexity index is 922. The number of nitrogens with zero attached hydrogens (tertiary/aromatic N) is 3. The molecule has 11 heteroatoms. The summed E-state index contributed by atoms with van der Waals surface area (Å²) in [5.74, 6) is 0.107. The molecule has 0 spiro atoms. The first kappa shape index (κ1) is 27.8. The van der Waals surface area contributed by atoms with Gasteiger partial charge in [0.2, 0.25) is 11.7 Å². The molecule has 34 heavy (non-hydrogen) atoms. The number of guanidine groups is 1. The SMILES string of the molecule is CCCCCCCCOc1ccc(-c2noc([C@@H]3CCCN(C(=N)N)C3)n2)cc1C(F)(F)F.Cl. The average molecular weight is 504 g/mol. The summed E-state index contributed by atoms with van der Waals surface area (Å²) in [7, 11) is 0. The summed E-state index contributed by atoms with van der Waals surface area (Å²) in [6, 6.07) is 3.85. The molecular formula is C23H33ClF3N5O2. The fraction of sp³-hybridized carbons (Fsp3) is 0.609. The zero-order valence-electron chi connectivity index (χ0n) is 19.4. The van der Waals surface area contributed by atoms with Gasteiger partial charge in [-0.25, -0.2) is 0 Å². The Morgan fingerprint density at radius 3 is 2.68 bits per heavy atom. The summed E-state index contributed by atoms with van der Waals surface area (Å²) in [5.41, 5.74) is 4.93. The number of unbranched alkanes of at least 4 members (excludes halogenated alkanes) is 5. The average Bonchev–Trinajstić information content (AvgIpc) is 3.28. The number of benzene rings is 1. The standard InChI is InChI=1S/C23H32F3N5O2.ClH/c1-2-3-4-5-6-7-13-32-19-11-10-16(14-18(19)23(24,25)26)20-29-21(33-30-20)17-9-8-12-31(15-17)22(27)28;/h10-11,14,17H,2-9,12-13,15H2,1H3,(H3,27,28);1H/t17-;/m1./s1. The lowest BCUT2D eigenvalue weighted by molar-refractivity contribution is -0.138. The van der Waals surface area contributed by atoms with E-state index in [4.69, 9.17) is 20.4 Å². The molecule has 0 unspecified atom stereocenters. The Morgan fingerprint density at radius 2 is 1.97 bits per heavy atom. The van der Waals surface area contributed by atoms with E-state index in [1.165, 1.54) is 18.6 Å². The highest BCUT2D eigenvalue weighted by atomic mass is 35.5. The molecule has 1 saturated heterocycles. The van der Waals surface area contributed by atoms with Crippen LogP contribution in [0.1, 0.15) is 75.7 Å². The Labute approximate surface area is 204 Å². The zero-order chi connectivity index (χ0) is 23.8. The molecule has 3 rings (SSSR count). The fourth-order valence-corrected chi connectivity index (χ4v) is 4.00. The molecule has 0 amide bonds. The second-order valence-electron chi connectivity index (χ2n) is 8.45. The summed E-state index contributed by atoms with van der Waals surface area (Å²) in [6.07, 6.45) is 3.21. The molecule has 2 aromatic rings. The largest absolute Gasteiger partial charge is 0.493 e. The topological polar surface area (TPSA) is 101 Å². The van der Waals surface area contributed by atoms with Crippen LogP contribution < -0.4 is 10.5 Å². The summed E-state index contributed by atoms with van der Waals surface area (Å²) in [6.45, 7) is 3.53. The van der Waals surface area contributed by atoms with Crippen molar-refractivity contribution in [3.05, 3.63) is 29.7 Å². The van der Waals surface area contributed by atoms with E-state index in [0.29, 0.717) is 19.0 Å². The van der Waals surface area contributed by atoms with Crippen LogP contribution in [-0.4, -0.2) is 40.7 Å². The second-order valence-corrected chi connectivity index (χ2v) is 8.45. The molecule has 0 bridgehead atoms. The number of piperidine rings is 1. The fourth-order valence-electron chi connectivity index (χ4n) is 4.00. The number of halogens is 4. The first-order chi connectivity index (χ1) is 15.8. The maximum Gasteiger partial charge on any atom is 0.419 e. The maximum absolute atomic E-state index is 13.7. The van der Waals surface area contributed by atoms with Crippen molar-refractivity contribution in [2.45, 2.75) is 70.4 Å². The van der Waals surface area contributed by atoms with Crippen LogP contribution in [0.15, 0.2) is 22.7 Å². The summed E-state index contributed by atoms with van der Waals surface area (Å²) < 4.78 is 51.9. The first-order valence-electron chi connectivity index (χ1n) is 11.6. The van der Waals surface area contributed by atoms with E-state index < -0.39 is 11.7 Å². The molecule has 0 saturated carbocycles. The molecule has 1 aliphatic heterocycles. The highest BCUT2D eigenvalue weighted by Crippen LogP contribution is 2.39. The van der Waals surface area contributed by atoms with Crippen LogP contribution in [-0.2, 0) is 6.18 Å². The third kappa shape index (κ3) is 7.51. The Hall–Kier alpha value is -2.49. The second kappa shape index (κ2) is 12.8. The van der Waals surface area contributed by atoms with E-state index in [9.17, 15) is 13.2 Å². The van der Waals surface area contributed by atoms with Crippen molar-refractivity contribution < 1.29 is 22.4 Å². The number of rotatable bonds is 10. The van der Waals surface area contributed by atoms with Gasteiger partial charge in [0.1, 0.15) is 5.75 Å². The minimum atomic E-state index is -4.57. The molecule has 0 aliphatic carbocycles. The molecule has 2 heterocycles. The Balaban J connectivity index is 0.00000408. The van der Waals surface area contributed by atoms with Crippen LogP contribution in [0.2, 0.25) is 0 Å². The molecular weight excluding hydrogens is 471 g/mol. The number of hydrogen-bond acceptors (Lipinski definition) is 5. The molecule has 1 aliphatic rings. The smallest absolute Gasteiger partial charge is 0.419 e. The summed E-state index contributed by atoms with van der Waals surface area (Å²) in [4.78, 5) is 6.06. The van der Waals surface area contributed by atoms with E-state index in [0.717, 1.165) is 51.0 Å². The van der Waals surface area contributed by atoms with Crippen molar-refractivity contribution in [3.8, 4) is 17.1 Å². The van der Waals surface area contributed by atoms with Gasteiger partial charge in [0.05, 0.1) is 18.1 Å². The van der Waals surface area contributed by atoms with Gasteiger partial charge in [0, 0.05) is 18.7 Å². The van der Waals surface area contributed by atoms with Crippen LogP contribution in [0, 0.1) is 5.41 Å². The van der Waals surface area contributed by atoms with Crippen molar-refractivity contribution in [1.29, 1.82) is 5.41 Å². The quantitative estimate of drug-likeness (QED) is 0.234. The third-order valence-electron chi connectivity index (χ3n) is 5.85. The van der Waals surface area contributed by atoms with E-state index in [1.807, 2.05) is 0 Å². The normalized spacial score (nSPS) is 16.2. The lowest BCUT2D eigenvalue weighted by Crippen LogP contribution is -2.42. The predicted octanol–water partition coefficient (Wildman–Crippen LogP) is 5.99. The number of hydrogen-bond donors (Lipinski definition) is 2. The lowest BCUT2D eigenvalue weighted by atomic mass is 9.98. The van der Waals surface area contributed by atoms with Gasteiger partial charge in [0.25, 0.3) is 0 Å². The van der Waals surface area contributed by atoms with E-state index in [2.05, 4.69) is 17.1 Å². The Morgan fingerprint density at radius 1 is 1.24 bits per heavy atom. The van der Waals surface area contributed by atoms with Gasteiger partial charge >= 0.3 is 6.18 Å². The first-order valence-corrected chi connectivity index (χ1v) is 11.6. The number of alkyl halides is 3. The van der Waals surface area contributed by atoms with Gasteiger partial charge in [0.15, 0.2) is 5.96 Å². The third-order valence-corrected chi connectivity index (χ3v) is 5.85. The zero-order valence-corrected chi connectivity index (χ0v) is 20.2. The van der Waals surface area contributed by atoms with Crippen molar-refractivity contribution in [1.82, 2.24) is 15.0 Å². The molecule has 1 aromatic carbocycles. The predicted molar refractivity (Wildman–Crippen MR) is 126 cm³/mol.